The smallest absolute Gasteiger partial charge is 0.265 e. The number of amides is 1. The summed E-state index contributed by atoms with van der Waals surface area (Å²) < 4.78 is 0. The van der Waals surface area contributed by atoms with Crippen molar-refractivity contribution in [3.8, 4) is 0 Å². The Kier molecular flexibility index (Phi) is 4.86. The molecule has 0 spiro atoms. The molecule has 0 unspecified atom stereocenters. The molecule has 114 valence electrons. The van der Waals surface area contributed by atoms with Crippen molar-refractivity contribution in [2.45, 2.75) is 19.3 Å². The highest BCUT2D eigenvalue weighted by atomic mass is 16.2. The van der Waals surface area contributed by atoms with Gasteiger partial charge >= 0.3 is 0 Å². The van der Waals surface area contributed by atoms with Crippen LogP contribution in [-0.4, -0.2) is 24.0 Å². The molecule has 2 aromatic carbocycles. The van der Waals surface area contributed by atoms with Crippen molar-refractivity contribution in [3.63, 3.8) is 0 Å². The normalized spacial score (nSPS) is 16.4. The Morgan fingerprint density at radius 3 is 2.18 bits per heavy atom. The third-order valence-electron chi connectivity index (χ3n) is 4.28. The van der Waals surface area contributed by atoms with Gasteiger partial charge in [0.2, 0.25) is 0 Å². The number of nitrogens with zero attached hydrogens (tertiary/aromatic N) is 1. The van der Waals surface area contributed by atoms with Gasteiger partial charge in [0.25, 0.3) is 5.91 Å². The Morgan fingerprint density at radius 1 is 0.955 bits per heavy atom. The van der Waals surface area contributed by atoms with Crippen molar-refractivity contribution in [2.24, 2.45) is 5.92 Å². The Hall–Kier alpha value is -2.13. The zero-order chi connectivity index (χ0) is 15.2. The summed E-state index contributed by atoms with van der Waals surface area (Å²) in [4.78, 5) is 12.1. The van der Waals surface area contributed by atoms with E-state index in [-0.39, 0.29) is 5.91 Å². The third-order valence-corrected chi connectivity index (χ3v) is 4.28. The summed E-state index contributed by atoms with van der Waals surface area (Å²) in [6, 6.07) is 20.1. The molecule has 1 heterocycles. The van der Waals surface area contributed by atoms with Crippen molar-refractivity contribution < 1.29 is 4.79 Å². The summed E-state index contributed by atoms with van der Waals surface area (Å²) in [5.74, 6) is 0.703. The van der Waals surface area contributed by atoms with Crippen LogP contribution >= 0.6 is 0 Å². The molecular weight excluding hydrogens is 272 g/mol. The van der Waals surface area contributed by atoms with Gasteiger partial charge in [-0.1, -0.05) is 48.5 Å². The molecule has 0 radical (unpaired) electrons. The number of hydrogen-bond donors (Lipinski definition) is 1. The zero-order valence-electron chi connectivity index (χ0n) is 12.7. The Balaban J connectivity index is 1.47. The minimum absolute atomic E-state index is 0.0119. The molecule has 3 nitrogen and oxygen atoms in total. The maximum absolute atomic E-state index is 12.1. The maximum atomic E-state index is 12.1. The van der Waals surface area contributed by atoms with Crippen LogP contribution in [-0.2, 0) is 6.42 Å². The van der Waals surface area contributed by atoms with E-state index in [1.807, 2.05) is 30.3 Å². The average Bonchev–Trinajstić information content (AvgIpc) is 2.58. The van der Waals surface area contributed by atoms with E-state index in [9.17, 15) is 4.79 Å². The number of hydrazine groups is 1. The highest BCUT2D eigenvalue weighted by Gasteiger charge is 2.20. The first-order chi connectivity index (χ1) is 10.8. The lowest BCUT2D eigenvalue weighted by atomic mass is 9.91. The maximum Gasteiger partial charge on any atom is 0.265 e. The topological polar surface area (TPSA) is 32.3 Å². The van der Waals surface area contributed by atoms with E-state index < -0.39 is 0 Å². The number of carbonyl (C=O) groups is 1. The number of benzene rings is 2. The van der Waals surface area contributed by atoms with Gasteiger partial charge in [0, 0.05) is 18.7 Å². The molecule has 1 fully saturated rings. The summed E-state index contributed by atoms with van der Waals surface area (Å²) in [6.07, 6.45) is 3.40. The highest BCUT2D eigenvalue weighted by Crippen LogP contribution is 2.20. The average molecular weight is 294 g/mol. The quantitative estimate of drug-likeness (QED) is 0.938. The molecule has 1 saturated heterocycles. The Labute approximate surface area is 131 Å². The highest BCUT2D eigenvalue weighted by molar-refractivity contribution is 5.93. The van der Waals surface area contributed by atoms with E-state index in [0.717, 1.165) is 32.4 Å². The third kappa shape index (κ3) is 3.95. The van der Waals surface area contributed by atoms with Gasteiger partial charge in [-0.15, -0.1) is 0 Å². The van der Waals surface area contributed by atoms with E-state index >= 15 is 0 Å². The molecule has 0 aromatic heterocycles. The van der Waals surface area contributed by atoms with Crippen LogP contribution in [0.1, 0.15) is 28.8 Å². The molecule has 0 saturated carbocycles. The van der Waals surface area contributed by atoms with E-state index in [0.29, 0.717) is 11.5 Å². The lowest BCUT2D eigenvalue weighted by Gasteiger charge is -2.32. The number of hydrogen-bond acceptors (Lipinski definition) is 2. The monoisotopic (exact) mass is 294 g/mol. The van der Waals surface area contributed by atoms with E-state index in [2.05, 4.69) is 40.8 Å². The molecule has 0 atom stereocenters. The van der Waals surface area contributed by atoms with Crippen LogP contribution in [0.15, 0.2) is 60.7 Å². The SMILES string of the molecule is O=C(NN1CCC(Cc2ccccc2)CC1)c1ccccc1. The van der Waals surface area contributed by atoms with E-state index in [1.165, 1.54) is 5.56 Å². The number of nitrogens with one attached hydrogen (secondary N) is 1. The Morgan fingerprint density at radius 2 is 1.55 bits per heavy atom. The summed E-state index contributed by atoms with van der Waals surface area (Å²) in [5.41, 5.74) is 5.14. The molecule has 1 aliphatic rings. The predicted molar refractivity (Wildman–Crippen MR) is 88.4 cm³/mol. The lowest BCUT2D eigenvalue weighted by Crippen LogP contribution is -2.46. The van der Waals surface area contributed by atoms with Crippen molar-refractivity contribution in [1.29, 1.82) is 0 Å². The van der Waals surface area contributed by atoms with Gasteiger partial charge in [0.1, 0.15) is 0 Å². The summed E-state index contributed by atoms with van der Waals surface area (Å²) in [6.45, 7) is 1.85. The second-order valence-electron chi connectivity index (χ2n) is 5.93. The predicted octanol–water partition coefficient (Wildman–Crippen LogP) is 3.29. The van der Waals surface area contributed by atoms with Crippen molar-refractivity contribution in [2.75, 3.05) is 13.1 Å². The molecule has 0 aliphatic carbocycles. The number of piperidine rings is 1. The minimum atomic E-state index is -0.0119. The van der Waals surface area contributed by atoms with Crippen LogP contribution in [0.2, 0.25) is 0 Å². The molecule has 0 bridgehead atoms. The number of rotatable bonds is 4. The van der Waals surface area contributed by atoms with Crippen LogP contribution in [0.3, 0.4) is 0 Å². The molecule has 1 aliphatic heterocycles. The van der Waals surface area contributed by atoms with E-state index in [1.54, 1.807) is 0 Å². The summed E-state index contributed by atoms with van der Waals surface area (Å²) >= 11 is 0. The van der Waals surface area contributed by atoms with Gasteiger partial charge in [-0.05, 0) is 42.9 Å². The van der Waals surface area contributed by atoms with Gasteiger partial charge in [0.15, 0.2) is 0 Å². The van der Waals surface area contributed by atoms with E-state index in [4.69, 9.17) is 0 Å². The fourth-order valence-electron chi connectivity index (χ4n) is 2.99. The Bertz CT molecular complexity index is 589. The molecule has 22 heavy (non-hydrogen) atoms. The zero-order valence-corrected chi connectivity index (χ0v) is 12.7. The second-order valence-corrected chi connectivity index (χ2v) is 5.93. The first kappa shape index (κ1) is 14.8. The van der Waals surface area contributed by atoms with Crippen LogP contribution in [0.25, 0.3) is 0 Å². The first-order valence-electron chi connectivity index (χ1n) is 7.96. The molecule has 1 amide bonds. The molecule has 2 aromatic rings. The molecule has 1 N–H and O–H groups in total. The van der Waals surface area contributed by atoms with Crippen LogP contribution in [0.5, 0.6) is 0 Å². The van der Waals surface area contributed by atoms with Crippen molar-refractivity contribution >= 4 is 5.91 Å². The van der Waals surface area contributed by atoms with Crippen LogP contribution < -0.4 is 5.43 Å². The van der Waals surface area contributed by atoms with Crippen LogP contribution in [0, 0.1) is 5.92 Å². The van der Waals surface area contributed by atoms with Crippen molar-refractivity contribution in [1.82, 2.24) is 10.4 Å². The fraction of sp³-hybridized carbons (Fsp3) is 0.316. The van der Waals surface area contributed by atoms with Gasteiger partial charge in [-0.3, -0.25) is 10.2 Å². The van der Waals surface area contributed by atoms with Crippen LogP contribution in [0.4, 0.5) is 0 Å². The minimum Gasteiger partial charge on any atom is -0.285 e. The van der Waals surface area contributed by atoms with Gasteiger partial charge in [0.05, 0.1) is 0 Å². The largest absolute Gasteiger partial charge is 0.285 e. The van der Waals surface area contributed by atoms with Gasteiger partial charge in [-0.25, -0.2) is 5.01 Å². The standard InChI is InChI=1S/C19H22N2O/c22-19(18-9-5-2-6-10-18)20-21-13-11-17(12-14-21)15-16-7-3-1-4-8-16/h1-10,17H,11-15H2,(H,20,22). The molecular formula is C19H22N2O. The fourth-order valence-corrected chi connectivity index (χ4v) is 2.99. The number of carbonyl (C=O) groups excluding carboxylic acids is 1. The molecule has 3 rings (SSSR count). The lowest BCUT2D eigenvalue weighted by molar-refractivity contribution is 0.0702. The summed E-state index contributed by atoms with van der Waals surface area (Å²) in [5, 5.41) is 2.05. The van der Waals surface area contributed by atoms with Crippen molar-refractivity contribution in [3.05, 3.63) is 71.8 Å². The molecule has 3 heteroatoms. The summed E-state index contributed by atoms with van der Waals surface area (Å²) in [7, 11) is 0. The second kappa shape index (κ2) is 7.23. The van der Waals surface area contributed by atoms with Gasteiger partial charge < -0.3 is 0 Å². The first-order valence-corrected chi connectivity index (χ1v) is 7.96. The van der Waals surface area contributed by atoms with Gasteiger partial charge in [-0.2, -0.15) is 0 Å².